The van der Waals surface area contributed by atoms with Crippen LogP contribution in [0.2, 0.25) is 0 Å². The lowest BCUT2D eigenvalue weighted by atomic mass is 10.1. The van der Waals surface area contributed by atoms with Gasteiger partial charge in [-0.15, -0.1) is 0 Å². The van der Waals surface area contributed by atoms with Gasteiger partial charge in [-0.2, -0.15) is 0 Å². The van der Waals surface area contributed by atoms with Gasteiger partial charge in [0.2, 0.25) is 0 Å². The third-order valence-corrected chi connectivity index (χ3v) is 2.08. The summed E-state index contributed by atoms with van der Waals surface area (Å²) in [5.41, 5.74) is 0.528. The van der Waals surface area contributed by atoms with Gasteiger partial charge in [0.1, 0.15) is 5.75 Å². The van der Waals surface area contributed by atoms with Gasteiger partial charge in [-0.1, -0.05) is 18.2 Å². The van der Waals surface area contributed by atoms with E-state index in [4.69, 9.17) is 4.74 Å². The molecule has 1 N–H and O–H groups in total. The number of hydrogen-bond acceptors (Lipinski definition) is 2. The Balaban J connectivity index is 2.79. The fourth-order valence-electron chi connectivity index (χ4n) is 1.45. The highest BCUT2D eigenvalue weighted by atomic mass is 19.3. The minimum atomic E-state index is -2.75. The average molecular weight is 215 g/mol. The lowest BCUT2D eigenvalue weighted by Gasteiger charge is -2.17. The van der Waals surface area contributed by atoms with Crippen molar-refractivity contribution in [3.05, 3.63) is 29.8 Å². The van der Waals surface area contributed by atoms with Crippen molar-refractivity contribution >= 4 is 0 Å². The van der Waals surface area contributed by atoms with Gasteiger partial charge >= 0.3 is 0 Å². The van der Waals surface area contributed by atoms with Crippen molar-refractivity contribution in [2.24, 2.45) is 0 Å². The molecule has 15 heavy (non-hydrogen) atoms. The van der Waals surface area contributed by atoms with E-state index in [2.05, 4.69) is 5.32 Å². The number of benzene rings is 1. The predicted molar refractivity (Wildman–Crippen MR) is 55.6 cm³/mol. The van der Waals surface area contributed by atoms with E-state index in [1.807, 2.05) is 0 Å². The highest BCUT2D eigenvalue weighted by molar-refractivity contribution is 5.34. The highest BCUT2D eigenvalue weighted by Crippen LogP contribution is 2.25. The summed E-state index contributed by atoms with van der Waals surface area (Å²) < 4.78 is 31.6. The summed E-state index contributed by atoms with van der Waals surface area (Å²) in [4.78, 5) is 0. The van der Waals surface area contributed by atoms with Crippen LogP contribution in [0.5, 0.6) is 5.75 Å². The zero-order valence-corrected chi connectivity index (χ0v) is 8.89. The van der Waals surface area contributed by atoms with Crippen LogP contribution in [0, 0.1) is 0 Å². The van der Waals surface area contributed by atoms with E-state index in [1.165, 1.54) is 14.2 Å². The fraction of sp³-hybridized carbons (Fsp3) is 0.455. The summed E-state index contributed by atoms with van der Waals surface area (Å²) in [5, 5.41) is 2.47. The van der Waals surface area contributed by atoms with E-state index in [1.54, 1.807) is 24.3 Å². The number of alkyl halides is 2. The predicted octanol–water partition coefficient (Wildman–Crippen LogP) is 2.09. The second kappa shape index (κ2) is 5.07. The molecular formula is C11H15F2NO. The zero-order chi connectivity index (χ0) is 11.3. The van der Waals surface area contributed by atoms with Crippen molar-refractivity contribution in [2.75, 3.05) is 20.7 Å². The van der Waals surface area contributed by atoms with Gasteiger partial charge in [0.15, 0.2) is 0 Å². The molecule has 0 aliphatic carbocycles. The summed E-state index contributed by atoms with van der Waals surface area (Å²) in [7, 11) is 2.99. The van der Waals surface area contributed by atoms with Gasteiger partial charge in [0, 0.05) is 12.0 Å². The van der Waals surface area contributed by atoms with E-state index in [0.717, 1.165) is 0 Å². The van der Waals surface area contributed by atoms with Gasteiger partial charge in [-0.05, 0) is 13.1 Å². The first-order valence-electron chi connectivity index (χ1n) is 4.73. The molecule has 0 aliphatic heterocycles. The lowest BCUT2D eigenvalue weighted by Crippen LogP contribution is -2.32. The Bertz CT molecular complexity index is 315. The van der Waals surface area contributed by atoms with Crippen LogP contribution >= 0.6 is 0 Å². The Morgan fingerprint density at radius 3 is 2.60 bits per heavy atom. The van der Waals surface area contributed by atoms with E-state index in [-0.39, 0.29) is 13.0 Å². The first kappa shape index (κ1) is 11.9. The van der Waals surface area contributed by atoms with Crippen molar-refractivity contribution in [2.45, 2.75) is 12.3 Å². The Morgan fingerprint density at radius 1 is 1.33 bits per heavy atom. The maximum Gasteiger partial charge on any atom is 0.264 e. The van der Waals surface area contributed by atoms with Crippen LogP contribution in [-0.4, -0.2) is 26.6 Å². The van der Waals surface area contributed by atoms with Gasteiger partial charge in [-0.3, -0.25) is 0 Å². The maximum atomic E-state index is 13.3. The molecule has 0 atom stereocenters. The number of para-hydroxylation sites is 1. The lowest BCUT2D eigenvalue weighted by molar-refractivity contribution is 0.00401. The Morgan fingerprint density at radius 2 is 2.00 bits per heavy atom. The highest BCUT2D eigenvalue weighted by Gasteiger charge is 2.29. The number of halogens is 2. The molecule has 4 heteroatoms. The molecule has 2 nitrogen and oxygen atoms in total. The standard InChI is InChI=1S/C11H15F2NO/c1-14-8-11(12,13)7-9-5-3-4-6-10(9)15-2/h3-6,14H,7-8H2,1-2H3. The van der Waals surface area contributed by atoms with E-state index in [9.17, 15) is 8.78 Å². The zero-order valence-electron chi connectivity index (χ0n) is 8.89. The van der Waals surface area contributed by atoms with Crippen LogP contribution in [0.4, 0.5) is 8.78 Å². The smallest absolute Gasteiger partial charge is 0.264 e. The Hall–Kier alpha value is -1.16. The van der Waals surface area contributed by atoms with Crippen LogP contribution in [-0.2, 0) is 6.42 Å². The molecule has 1 aromatic rings. The second-order valence-corrected chi connectivity index (χ2v) is 3.37. The molecular weight excluding hydrogens is 200 g/mol. The SMILES string of the molecule is CNCC(F)(F)Cc1ccccc1OC. The van der Waals surface area contributed by atoms with Crippen LogP contribution in [0.15, 0.2) is 24.3 Å². The van der Waals surface area contributed by atoms with Crippen LogP contribution in [0.25, 0.3) is 0 Å². The van der Waals surface area contributed by atoms with Crippen LogP contribution in [0.1, 0.15) is 5.56 Å². The van der Waals surface area contributed by atoms with E-state index < -0.39 is 5.92 Å². The third-order valence-electron chi connectivity index (χ3n) is 2.08. The Labute approximate surface area is 88.3 Å². The summed E-state index contributed by atoms with van der Waals surface area (Å²) >= 11 is 0. The molecule has 0 amide bonds. The molecule has 0 saturated heterocycles. The number of nitrogens with one attached hydrogen (secondary N) is 1. The largest absolute Gasteiger partial charge is 0.496 e. The van der Waals surface area contributed by atoms with E-state index in [0.29, 0.717) is 11.3 Å². The number of methoxy groups -OCH3 is 1. The normalized spacial score (nSPS) is 11.5. The molecule has 0 unspecified atom stereocenters. The van der Waals surface area contributed by atoms with Crippen molar-refractivity contribution in [3.8, 4) is 5.75 Å². The molecule has 0 radical (unpaired) electrons. The molecule has 0 fully saturated rings. The van der Waals surface area contributed by atoms with Crippen molar-refractivity contribution in [3.63, 3.8) is 0 Å². The quantitative estimate of drug-likeness (QED) is 0.812. The fourth-order valence-corrected chi connectivity index (χ4v) is 1.45. The number of rotatable bonds is 5. The van der Waals surface area contributed by atoms with Crippen LogP contribution < -0.4 is 10.1 Å². The van der Waals surface area contributed by atoms with E-state index >= 15 is 0 Å². The summed E-state index contributed by atoms with van der Waals surface area (Å²) in [6.45, 7) is -0.328. The monoisotopic (exact) mass is 215 g/mol. The molecule has 0 saturated carbocycles. The molecule has 1 rings (SSSR count). The summed E-state index contributed by atoms with van der Waals surface area (Å²) in [5.74, 6) is -2.24. The minimum Gasteiger partial charge on any atom is -0.496 e. The van der Waals surface area contributed by atoms with Crippen LogP contribution in [0.3, 0.4) is 0 Å². The molecule has 0 spiro atoms. The second-order valence-electron chi connectivity index (χ2n) is 3.37. The number of hydrogen-bond donors (Lipinski definition) is 1. The summed E-state index contributed by atoms with van der Waals surface area (Å²) in [6, 6.07) is 6.83. The molecule has 0 bridgehead atoms. The van der Waals surface area contributed by atoms with Crippen molar-refractivity contribution < 1.29 is 13.5 Å². The molecule has 84 valence electrons. The third kappa shape index (κ3) is 3.47. The molecule has 0 heterocycles. The molecule has 0 aliphatic rings. The van der Waals surface area contributed by atoms with Gasteiger partial charge < -0.3 is 10.1 Å². The Kier molecular flexibility index (Phi) is 4.03. The molecule has 0 aromatic heterocycles. The molecule has 1 aromatic carbocycles. The average Bonchev–Trinajstić information content (AvgIpc) is 2.17. The first-order valence-corrected chi connectivity index (χ1v) is 4.73. The number of ether oxygens (including phenoxy) is 1. The maximum absolute atomic E-state index is 13.3. The van der Waals surface area contributed by atoms with Crippen molar-refractivity contribution in [1.82, 2.24) is 5.32 Å². The first-order chi connectivity index (χ1) is 7.09. The topological polar surface area (TPSA) is 21.3 Å². The van der Waals surface area contributed by atoms with Gasteiger partial charge in [-0.25, -0.2) is 8.78 Å². The van der Waals surface area contributed by atoms with Gasteiger partial charge in [0.25, 0.3) is 5.92 Å². The van der Waals surface area contributed by atoms with Gasteiger partial charge in [0.05, 0.1) is 13.7 Å². The van der Waals surface area contributed by atoms with Crippen molar-refractivity contribution in [1.29, 1.82) is 0 Å². The summed E-state index contributed by atoms with van der Waals surface area (Å²) in [6.07, 6.45) is -0.308. The minimum absolute atomic E-state index is 0.308.